The molecular weight excluding hydrogens is 743 g/mol. The van der Waals surface area contributed by atoms with Crippen LogP contribution in [0, 0.1) is 5.41 Å². The van der Waals surface area contributed by atoms with E-state index in [2.05, 4.69) is 26.3 Å². The second kappa shape index (κ2) is 20.9. The van der Waals surface area contributed by atoms with Crippen LogP contribution >= 0.6 is 0 Å². The number of nitrogens with zero attached hydrogens (tertiary/aromatic N) is 1. The Morgan fingerprint density at radius 1 is 0.724 bits per heavy atom. The van der Waals surface area contributed by atoms with E-state index < -0.39 is 70.8 Å². The topological polar surface area (TPSA) is 194 Å². The highest BCUT2D eigenvalue weighted by Gasteiger charge is 2.42. The molecule has 4 amide bonds. The van der Waals surface area contributed by atoms with E-state index in [-0.39, 0.29) is 25.2 Å². The highest BCUT2D eigenvalue weighted by molar-refractivity contribution is 5.88. The van der Waals surface area contributed by atoms with Crippen LogP contribution in [-0.2, 0) is 46.5 Å². The van der Waals surface area contributed by atoms with Crippen LogP contribution < -0.4 is 21.3 Å². The number of hydrogen-bond donors (Lipinski definition) is 5. The number of amides is 4. The Morgan fingerprint density at radius 3 is 1.88 bits per heavy atom. The van der Waals surface area contributed by atoms with Gasteiger partial charge in [0.15, 0.2) is 0 Å². The monoisotopic (exact) mass is 803 g/mol. The van der Waals surface area contributed by atoms with Crippen molar-refractivity contribution in [3.63, 3.8) is 0 Å². The Morgan fingerprint density at radius 2 is 1.33 bits per heavy atom. The van der Waals surface area contributed by atoms with Crippen LogP contribution in [0.4, 0.5) is 4.79 Å². The van der Waals surface area contributed by atoms with Gasteiger partial charge < -0.3 is 31.1 Å². The molecule has 0 radical (unpaired) electrons. The molecule has 5 N–H and O–H groups in total. The predicted octanol–water partition coefficient (Wildman–Crippen LogP) is 5.36. The smallest absolute Gasteiger partial charge is 0.408 e. The fourth-order valence-corrected chi connectivity index (χ4v) is 6.11. The lowest BCUT2D eigenvalue weighted by Gasteiger charge is -2.35. The highest BCUT2D eigenvalue weighted by atomic mass is 17.2. The summed E-state index contributed by atoms with van der Waals surface area (Å²) in [5, 5.41) is 23.5. The number of nitrogens with one attached hydrogen (secondary N) is 4. The van der Waals surface area contributed by atoms with Gasteiger partial charge in [-0.15, -0.1) is 0 Å². The number of carbonyl (C=O) groups is 5. The first-order valence-corrected chi connectivity index (χ1v) is 19.6. The van der Waals surface area contributed by atoms with Crippen LogP contribution in [0.5, 0.6) is 0 Å². The van der Waals surface area contributed by atoms with Gasteiger partial charge in [0.05, 0.1) is 17.8 Å². The fourth-order valence-electron chi connectivity index (χ4n) is 6.11. The number of pyridine rings is 1. The summed E-state index contributed by atoms with van der Waals surface area (Å²) in [4.78, 5) is 80.0. The molecule has 0 aliphatic carbocycles. The molecule has 58 heavy (non-hydrogen) atoms. The van der Waals surface area contributed by atoms with Gasteiger partial charge in [-0.2, -0.15) is 4.89 Å². The zero-order valence-electron chi connectivity index (χ0n) is 35.4. The molecule has 14 nitrogen and oxygen atoms in total. The number of ether oxygens (including phenoxy) is 1. The lowest BCUT2D eigenvalue weighted by molar-refractivity contribution is -0.327. The number of carbonyl (C=O) groups excluding carboxylic acids is 5. The molecule has 14 heteroatoms. The number of aromatic nitrogens is 1. The summed E-state index contributed by atoms with van der Waals surface area (Å²) < 4.78 is 5.43. The van der Waals surface area contributed by atoms with E-state index in [1.165, 1.54) is 13.8 Å². The Bertz CT molecular complexity index is 1810. The molecule has 0 fully saturated rings. The maximum Gasteiger partial charge on any atom is 0.408 e. The van der Waals surface area contributed by atoms with Crippen molar-refractivity contribution in [2.75, 3.05) is 0 Å². The van der Waals surface area contributed by atoms with Crippen molar-refractivity contribution in [3.8, 4) is 11.3 Å². The summed E-state index contributed by atoms with van der Waals surface area (Å²) in [7, 11) is 0. The Labute approximate surface area is 342 Å². The highest BCUT2D eigenvalue weighted by Crippen LogP contribution is 2.23. The van der Waals surface area contributed by atoms with E-state index in [1.54, 1.807) is 33.9 Å². The minimum atomic E-state index is -1.61. The first kappa shape index (κ1) is 47.0. The van der Waals surface area contributed by atoms with Crippen molar-refractivity contribution < 1.29 is 43.6 Å². The van der Waals surface area contributed by atoms with Gasteiger partial charge in [0.25, 0.3) is 0 Å². The van der Waals surface area contributed by atoms with Gasteiger partial charge >= 0.3 is 12.1 Å². The molecule has 0 saturated heterocycles. The lowest BCUT2D eigenvalue weighted by Crippen LogP contribution is -2.62. The van der Waals surface area contributed by atoms with Crippen LogP contribution in [-0.4, -0.2) is 81.3 Å². The predicted molar refractivity (Wildman–Crippen MR) is 220 cm³/mol. The van der Waals surface area contributed by atoms with Gasteiger partial charge in [-0.3, -0.25) is 24.3 Å². The minimum Gasteiger partial charge on any atom is -0.444 e. The van der Waals surface area contributed by atoms with Gasteiger partial charge in [-0.25, -0.2) is 9.59 Å². The zero-order chi connectivity index (χ0) is 43.3. The average Bonchev–Trinajstić information content (AvgIpc) is 3.14. The SMILES string of the molecule is CCC(=O)N[C@H](C(=O)N[C@@H](Cc1ccc(-c2ccccn2)cc1)C[C@H](O)[C@H](Cc1ccccc1)NC(=O)[C@@H](NC(=O)OC(C)(C)C)C(C)(C)OOC(C)=O)C(C)(C)C. The maximum absolute atomic E-state index is 14.2. The van der Waals surface area contributed by atoms with Gasteiger partial charge in [0, 0.05) is 31.1 Å². The molecule has 0 bridgehead atoms. The number of aliphatic hydroxyl groups excluding tert-OH is 1. The van der Waals surface area contributed by atoms with E-state index in [0.29, 0.717) is 6.42 Å². The number of rotatable bonds is 18. The first-order chi connectivity index (χ1) is 27.1. The standard InChI is InChI=1S/C44H61N5O9/c1-11-36(52)48-37(42(3,4)5)39(53)46-32(25-30-20-22-31(23-21-30)33-19-15-16-24-45-33)27-35(51)34(26-29-17-13-12-14-18-29)47-40(54)38(44(9,10)58-57-28(2)50)49-41(55)56-43(6,7)8/h12-24,32,34-35,37-38,51H,11,25-27H2,1-10H3,(H,46,53)(H,47,54)(H,48,52)(H,49,55)/t32-,34-,35-,37+,38+/m0/s1. The summed E-state index contributed by atoms with van der Waals surface area (Å²) in [5.74, 6) is -2.24. The molecule has 1 aromatic heterocycles. The number of aliphatic hydroxyl groups is 1. The zero-order valence-corrected chi connectivity index (χ0v) is 35.4. The third kappa shape index (κ3) is 15.5. The molecule has 316 valence electrons. The summed E-state index contributed by atoms with van der Waals surface area (Å²) in [6.07, 6.45) is 0.150. The van der Waals surface area contributed by atoms with Crippen molar-refractivity contribution in [2.45, 2.75) is 136 Å². The van der Waals surface area contributed by atoms with E-state index in [4.69, 9.17) is 14.5 Å². The molecule has 0 aliphatic heterocycles. The molecular formula is C44H61N5O9. The van der Waals surface area contributed by atoms with Crippen molar-refractivity contribution in [2.24, 2.45) is 5.41 Å². The van der Waals surface area contributed by atoms with E-state index in [0.717, 1.165) is 29.3 Å². The quantitative estimate of drug-likeness (QED) is 0.0826. The van der Waals surface area contributed by atoms with Crippen molar-refractivity contribution in [3.05, 3.63) is 90.1 Å². The molecule has 3 rings (SSSR count). The largest absolute Gasteiger partial charge is 0.444 e. The van der Waals surface area contributed by atoms with Crippen molar-refractivity contribution in [1.29, 1.82) is 0 Å². The van der Waals surface area contributed by atoms with Crippen LogP contribution in [0.1, 0.15) is 93.2 Å². The molecule has 0 spiro atoms. The van der Waals surface area contributed by atoms with Crippen LogP contribution in [0.3, 0.4) is 0 Å². The summed E-state index contributed by atoms with van der Waals surface area (Å²) in [5.41, 5.74) is 0.189. The van der Waals surface area contributed by atoms with E-state index in [9.17, 15) is 29.1 Å². The van der Waals surface area contributed by atoms with Gasteiger partial charge in [0.1, 0.15) is 23.3 Å². The lowest BCUT2D eigenvalue weighted by atomic mass is 9.85. The normalized spacial score (nSPS) is 14.5. The molecule has 1 heterocycles. The number of alkyl carbamates (subject to hydrolysis) is 1. The minimum absolute atomic E-state index is 0.0262. The molecule has 3 aromatic rings. The summed E-state index contributed by atoms with van der Waals surface area (Å²) in [6, 6.07) is 18.6. The first-order valence-electron chi connectivity index (χ1n) is 19.6. The van der Waals surface area contributed by atoms with E-state index >= 15 is 0 Å². The average molecular weight is 804 g/mol. The summed E-state index contributed by atoms with van der Waals surface area (Å²) >= 11 is 0. The van der Waals surface area contributed by atoms with Crippen LogP contribution in [0.2, 0.25) is 0 Å². The Hall–Kier alpha value is -5.34. The second-order valence-corrected chi connectivity index (χ2v) is 17.0. The Balaban J connectivity index is 2.01. The van der Waals surface area contributed by atoms with Crippen molar-refractivity contribution >= 4 is 29.8 Å². The third-order valence-electron chi connectivity index (χ3n) is 9.11. The maximum atomic E-state index is 14.2. The third-order valence-corrected chi connectivity index (χ3v) is 9.11. The molecule has 0 unspecified atom stereocenters. The summed E-state index contributed by atoms with van der Waals surface area (Å²) in [6.45, 7) is 16.3. The Kier molecular flexibility index (Phi) is 16.9. The number of benzene rings is 2. The molecule has 2 aromatic carbocycles. The van der Waals surface area contributed by atoms with Crippen molar-refractivity contribution in [1.82, 2.24) is 26.3 Å². The molecule has 0 aliphatic rings. The van der Waals surface area contributed by atoms with Crippen LogP contribution in [0.25, 0.3) is 11.3 Å². The second-order valence-electron chi connectivity index (χ2n) is 17.0. The van der Waals surface area contributed by atoms with Gasteiger partial charge in [-0.1, -0.05) is 88.4 Å². The molecule has 0 saturated carbocycles. The van der Waals surface area contributed by atoms with E-state index in [1.807, 2.05) is 93.6 Å². The number of hydrogen-bond acceptors (Lipinski definition) is 10. The molecule has 5 atom stereocenters. The fraction of sp³-hybridized carbons (Fsp3) is 0.500. The van der Waals surface area contributed by atoms with Gasteiger partial charge in [0.2, 0.25) is 17.7 Å². The van der Waals surface area contributed by atoms with Gasteiger partial charge in [-0.05, 0) is 82.6 Å². The van der Waals surface area contributed by atoms with Crippen LogP contribution in [0.15, 0.2) is 79.0 Å².